The summed E-state index contributed by atoms with van der Waals surface area (Å²) >= 11 is 18.8. The van der Waals surface area contributed by atoms with Crippen molar-refractivity contribution >= 4 is 55.1 Å². The van der Waals surface area contributed by atoms with E-state index >= 15 is 0 Å². The van der Waals surface area contributed by atoms with Crippen LogP contribution < -0.4 is 0 Å². The van der Waals surface area contributed by atoms with E-state index < -0.39 is 0 Å². The number of aromatic hydroxyl groups is 2. The lowest BCUT2D eigenvalue weighted by Gasteiger charge is -2.23. The Morgan fingerprint density at radius 1 is 0.846 bits per heavy atom. The molecule has 0 bridgehead atoms. The summed E-state index contributed by atoms with van der Waals surface area (Å²) in [6.07, 6.45) is 0. The molecule has 0 fully saturated rings. The number of benzene rings is 2. The number of nitrogens with zero attached hydrogens (tertiary/aromatic N) is 2. The third-order valence-electron chi connectivity index (χ3n) is 3.96. The normalized spacial score (nSPS) is 11.5. The van der Waals surface area contributed by atoms with Crippen LogP contribution >= 0.6 is 55.1 Å². The van der Waals surface area contributed by atoms with Gasteiger partial charge >= 0.3 is 0 Å². The van der Waals surface area contributed by atoms with Crippen molar-refractivity contribution < 1.29 is 10.2 Å². The van der Waals surface area contributed by atoms with E-state index in [1.807, 2.05) is 26.2 Å². The van der Waals surface area contributed by atoms with Crippen LogP contribution in [0.3, 0.4) is 0 Å². The Kier molecular flexibility index (Phi) is 8.07. The highest BCUT2D eigenvalue weighted by Gasteiger charge is 2.13. The summed E-state index contributed by atoms with van der Waals surface area (Å²) < 4.78 is 1.58. The van der Waals surface area contributed by atoms with Crippen LogP contribution in [0.15, 0.2) is 33.2 Å². The lowest BCUT2D eigenvalue weighted by molar-refractivity contribution is 0.243. The lowest BCUT2D eigenvalue weighted by atomic mass is 10.2. The van der Waals surface area contributed by atoms with Gasteiger partial charge in [0.15, 0.2) is 0 Å². The fourth-order valence-electron chi connectivity index (χ4n) is 2.56. The van der Waals surface area contributed by atoms with E-state index in [-0.39, 0.29) is 16.5 Å². The van der Waals surface area contributed by atoms with Crippen molar-refractivity contribution in [2.24, 2.45) is 0 Å². The first-order valence-electron chi connectivity index (χ1n) is 7.88. The third-order valence-corrected chi connectivity index (χ3v) is 5.53. The summed E-state index contributed by atoms with van der Waals surface area (Å²) in [6.45, 7) is 2.71. The Bertz CT molecular complexity index is 725. The molecule has 2 aromatic rings. The summed E-state index contributed by atoms with van der Waals surface area (Å²) in [4.78, 5) is 4.20. The van der Waals surface area contributed by atoms with Gasteiger partial charge in [0.2, 0.25) is 0 Å². The van der Waals surface area contributed by atoms with Gasteiger partial charge in [0.25, 0.3) is 0 Å². The van der Waals surface area contributed by atoms with Crippen molar-refractivity contribution in [3.63, 3.8) is 0 Å². The maximum atomic E-state index is 10.2. The van der Waals surface area contributed by atoms with E-state index in [1.165, 1.54) is 6.07 Å². The van der Waals surface area contributed by atoms with Gasteiger partial charge in [0, 0.05) is 46.8 Å². The number of phenolic OH excluding ortho intramolecular Hbond substituents is 2. The number of likely N-dealkylation sites (N-methyl/N-ethyl adjacent to an activating group) is 2. The number of hydrogen-bond acceptors (Lipinski definition) is 4. The molecule has 142 valence electrons. The molecule has 26 heavy (non-hydrogen) atoms. The van der Waals surface area contributed by atoms with Crippen LogP contribution in [0.4, 0.5) is 0 Å². The monoisotopic (exact) mass is 524 g/mol. The molecule has 0 unspecified atom stereocenters. The molecule has 0 heterocycles. The molecular weight excluding hydrogens is 507 g/mol. The summed E-state index contributed by atoms with van der Waals surface area (Å²) in [5.74, 6) is 0.326. The van der Waals surface area contributed by atoms with Gasteiger partial charge in [-0.3, -0.25) is 0 Å². The number of phenols is 2. The second kappa shape index (κ2) is 9.62. The largest absolute Gasteiger partial charge is 0.506 e. The summed E-state index contributed by atoms with van der Waals surface area (Å²) in [5.41, 5.74) is 1.54. The van der Waals surface area contributed by atoms with Crippen LogP contribution in [0.25, 0.3) is 0 Å². The topological polar surface area (TPSA) is 46.9 Å². The molecule has 2 N–H and O–H groups in total. The quantitative estimate of drug-likeness (QED) is 0.500. The Hall–Kier alpha value is -0.500. The molecule has 0 spiro atoms. The SMILES string of the molecule is CN(CCN(C)Cc1cc(Br)cc(Br)c1O)Cc1cc(Cl)cc(Cl)c1O. The van der Waals surface area contributed by atoms with Gasteiger partial charge in [-0.2, -0.15) is 0 Å². The maximum Gasteiger partial charge on any atom is 0.138 e. The lowest BCUT2D eigenvalue weighted by Crippen LogP contribution is -2.30. The third kappa shape index (κ3) is 6.01. The van der Waals surface area contributed by atoms with E-state index in [2.05, 4.69) is 41.7 Å². The Labute approximate surface area is 180 Å². The molecule has 4 nitrogen and oxygen atoms in total. The van der Waals surface area contributed by atoms with E-state index in [9.17, 15) is 10.2 Å². The summed E-state index contributed by atoms with van der Waals surface area (Å²) in [7, 11) is 3.96. The molecule has 0 aliphatic heterocycles. The predicted octanol–water partition coefficient (Wildman–Crippen LogP) is 5.49. The molecule has 0 atom stereocenters. The Morgan fingerprint density at radius 2 is 1.38 bits per heavy atom. The minimum atomic E-state index is 0.0696. The first kappa shape index (κ1) is 21.8. The van der Waals surface area contributed by atoms with Gasteiger partial charge in [-0.15, -0.1) is 0 Å². The molecule has 0 radical (unpaired) electrons. The van der Waals surface area contributed by atoms with Crippen LogP contribution in [0.1, 0.15) is 11.1 Å². The number of hydrogen-bond donors (Lipinski definition) is 2. The first-order chi connectivity index (χ1) is 12.2. The van der Waals surface area contributed by atoms with Gasteiger partial charge in [0.1, 0.15) is 11.5 Å². The standard InChI is InChI=1S/C18H20Br2Cl2N2O2/c1-23(9-11-5-13(19)7-15(20)17(11)25)3-4-24(2)10-12-6-14(21)8-16(22)18(12)26/h5-8,25-26H,3-4,9-10H2,1-2H3. The zero-order valence-corrected chi connectivity index (χ0v) is 19.1. The van der Waals surface area contributed by atoms with Gasteiger partial charge in [0.05, 0.1) is 9.50 Å². The first-order valence-corrected chi connectivity index (χ1v) is 10.2. The minimum Gasteiger partial charge on any atom is -0.506 e. The average molecular weight is 527 g/mol. The van der Waals surface area contributed by atoms with Gasteiger partial charge in [-0.1, -0.05) is 39.1 Å². The van der Waals surface area contributed by atoms with Gasteiger partial charge < -0.3 is 20.0 Å². The smallest absolute Gasteiger partial charge is 0.138 e. The van der Waals surface area contributed by atoms with Crippen LogP contribution in [-0.4, -0.2) is 47.2 Å². The predicted molar refractivity (Wildman–Crippen MR) is 114 cm³/mol. The fourth-order valence-corrected chi connectivity index (χ4v) is 4.41. The van der Waals surface area contributed by atoms with E-state index in [0.29, 0.717) is 28.1 Å². The number of rotatable bonds is 7. The highest BCUT2D eigenvalue weighted by Crippen LogP contribution is 2.33. The van der Waals surface area contributed by atoms with Gasteiger partial charge in [-0.05, 0) is 54.3 Å². The molecular formula is C18H20Br2Cl2N2O2. The van der Waals surface area contributed by atoms with Crippen LogP contribution in [-0.2, 0) is 13.1 Å². The molecule has 2 aromatic carbocycles. The number of halogens is 4. The molecule has 2 rings (SSSR count). The Balaban J connectivity index is 1.92. The maximum absolute atomic E-state index is 10.2. The zero-order valence-electron chi connectivity index (χ0n) is 14.4. The second-order valence-electron chi connectivity index (χ2n) is 6.27. The van der Waals surface area contributed by atoms with Crippen molar-refractivity contribution in [2.45, 2.75) is 13.1 Å². The fraction of sp³-hybridized carbons (Fsp3) is 0.333. The molecule has 0 aliphatic carbocycles. The molecule has 0 aromatic heterocycles. The van der Waals surface area contributed by atoms with Crippen LogP contribution in [0, 0.1) is 0 Å². The van der Waals surface area contributed by atoms with Crippen LogP contribution in [0.5, 0.6) is 11.5 Å². The average Bonchev–Trinajstić information content (AvgIpc) is 2.55. The molecule has 0 aliphatic rings. The van der Waals surface area contributed by atoms with Crippen molar-refractivity contribution in [3.05, 3.63) is 54.4 Å². The van der Waals surface area contributed by atoms with E-state index in [1.54, 1.807) is 6.07 Å². The highest BCUT2D eigenvalue weighted by atomic mass is 79.9. The van der Waals surface area contributed by atoms with Crippen molar-refractivity contribution in [3.8, 4) is 11.5 Å². The zero-order chi connectivity index (χ0) is 19.4. The molecule has 8 heteroatoms. The molecule has 0 saturated heterocycles. The summed E-state index contributed by atoms with van der Waals surface area (Å²) in [6, 6.07) is 6.97. The highest BCUT2D eigenvalue weighted by molar-refractivity contribution is 9.11. The molecule has 0 amide bonds. The van der Waals surface area contributed by atoms with Gasteiger partial charge in [-0.25, -0.2) is 0 Å². The van der Waals surface area contributed by atoms with Crippen molar-refractivity contribution in [1.82, 2.24) is 9.80 Å². The van der Waals surface area contributed by atoms with Crippen molar-refractivity contribution in [2.75, 3.05) is 27.2 Å². The van der Waals surface area contributed by atoms with E-state index in [0.717, 1.165) is 23.1 Å². The molecule has 0 saturated carbocycles. The van der Waals surface area contributed by atoms with Crippen LogP contribution in [0.2, 0.25) is 10.0 Å². The van der Waals surface area contributed by atoms with Crippen molar-refractivity contribution in [1.29, 1.82) is 0 Å². The summed E-state index contributed by atoms with van der Waals surface area (Å²) in [5, 5.41) is 21.0. The Morgan fingerprint density at radius 3 is 1.96 bits per heavy atom. The van der Waals surface area contributed by atoms with E-state index in [4.69, 9.17) is 23.2 Å². The minimum absolute atomic E-state index is 0.0696. The second-order valence-corrected chi connectivity index (χ2v) is 8.88.